The summed E-state index contributed by atoms with van der Waals surface area (Å²) in [6.45, 7) is 0.176. The van der Waals surface area contributed by atoms with Crippen LogP contribution in [-0.2, 0) is 9.53 Å². The molecule has 0 aliphatic rings. The van der Waals surface area contributed by atoms with Crippen LogP contribution in [0.1, 0.15) is 96.3 Å². The molecule has 0 heterocycles. The minimum Gasteiger partial charge on any atom is -0.469 e. The molecule has 0 saturated carbocycles. The van der Waals surface area contributed by atoms with E-state index in [9.17, 15) is 9.90 Å². The molecule has 0 rings (SSSR count). The molecule has 0 unspecified atom stereocenters. The second-order valence-electron chi connectivity index (χ2n) is 7.12. The van der Waals surface area contributed by atoms with Crippen molar-refractivity contribution >= 4 is 5.97 Å². The fraction of sp³-hybridized carbons (Fsp3) is 0.857. The molecule has 0 radical (unpaired) electrons. The van der Waals surface area contributed by atoms with Crippen molar-refractivity contribution in [3.05, 3.63) is 22.6 Å². The normalized spacial score (nSPS) is 12.1. The molecule has 0 fully saturated rings. The number of azide groups is 1. The number of nitrogens with zero attached hydrogens (tertiary/aromatic N) is 3. The van der Waals surface area contributed by atoms with E-state index in [1.54, 1.807) is 0 Å². The smallest absolute Gasteiger partial charge is 0.305 e. The predicted octanol–water partition coefficient (Wildman–Crippen LogP) is 6.24. The Labute approximate surface area is 165 Å². The maximum Gasteiger partial charge on any atom is 0.305 e. The summed E-state index contributed by atoms with van der Waals surface area (Å²) in [5, 5.41) is 12.9. The van der Waals surface area contributed by atoms with Gasteiger partial charge in [-0.15, -0.1) is 0 Å². The molecule has 0 aliphatic carbocycles. The fourth-order valence-corrected chi connectivity index (χ4v) is 2.98. The summed E-state index contributed by atoms with van der Waals surface area (Å²) >= 11 is 0. The quantitative estimate of drug-likeness (QED) is 0.0716. The van der Waals surface area contributed by atoms with Crippen molar-refractivity contribution in [3.8, 4) is 0 Å². The van der Waals surface area contributed by atoms with E-state index in [0.717, 1.165) is 32.1 Å². The first-order valence-corrected chi connectivity index (χ1v) is 10.6. The van der Waals surface area contributed by atoms with E-state index in [1.165, 1.54) is 58.5 Å². The first-order chi connectivity index (χ1) is 13.2. The van der Waals surface area contributed by atoms with Crippen molar-refractivity contribution < 1.29 is 14.6 Å². The summed E-state index contributed by atoms with van der Waals surface area (Å²) in [4.78, 5) is 13.6. The van der Waals surface area contributed by atoms with Crippen molar-refractivity contribution in [1.29, 1.82) is 0 Å². The van der Waals surface area contributed by atoms with Crippen LogP contribution in [0.25, 0.3) is 10.4 Å². The van der Waals surface area contributed by atoms with Crippen LogP contribution in [0.15, 0.2) is 17.3 Å². The molecule has 0 spiro atoms. The zero-order chi connectivity index (χ0) is 20.0. The van der Waals surface area contributed by atoms with Gasteiger partial charge in [-0.2, -0.15) is 0 Å². The zero-order valence-corrected chi connectivity index (χ0v) is 17.2. The highest BCUT2D eigenvalue weighted by atomic mass is 16.5. The third kappa shape index (κ3) is 20.6. The van der Waals surface area contributed by atoms with E-state index >= 15 is 0 Å². The number of hydrogen-bond donors (Lipinski definition) is 1. The number of allylic oxidation sites excluding steroid dienone is 2. The Hall–Kier alpha value is -1.52. The average Bonchev–Trinajstić information content (AvgIpc) is 2.68. The molecular weight excluding hydrogens is 342 g/mol. The molecule has 0 amide bonds. The second kappa shape index (κ2) is 20.8. The Bertz CT molecular complexity index is 421. The van der Waals surface area contributed by atoms with Gasteiger partial charge in [0.25, 0.3) is 0 Å². The van der Waals surface area contributed by atoms with Gasteiger partial charge in [-0.1, -0.05) is 68.6 Å². The van der Waals surface area contributed by atoms with Crippen LogP contribution in [0.5, 0.6) is 0 Å². The van der Waals surface area contributed by atoms with Gasteiger partial charge >= 0.3 is 5.97 Å². The van der Waals surface area contributed by atoms with Crippen LogP contribution < -0.4 is 0 Å². The number of esters is 1. The first-order valence-electron chi connectivity index (χ1n) is 10.6. The van der Waals surface area contributed by atoms with Gasteiger partial charge in [0.1, 0.15) is 0 Å². The van der Waals surface area contributed by atoms with Crippen molar-refractivity contribution in [2.45, 2.75) is 102 Å². The molecule has 0 bridgehead atoms. The molecule has 27 heavy (non-hydrogen) atoms. The van der Waals surface area contributed by atoms with E-state index in [0.29, 0.717) is 12.8 Å². The average molecular weight is 382 g/mol. The molecule has 0 aromatic rings. The fourth-order valence-electron chi connectivity index (χ4n) is 2.98. The predicted molar refractivity (Wildman–Crippen MR) is 110 cm³/mol. The molecule has 0 aromatic carbocycles. The van der Waals surface area contributed by atoms with Gasteiger partial charge < -0.3 is 9.84 Å². The minimum atomic E-state index is -0.505. The topological polar surface area (TPSA) is 95.3 Å². The Balaban J connectivity index is 3.20. The molecule has 0 aromatic heterocycles. The Morgan fingerprint density at radius 1 is 0.963 bits per heavy atom. The third-order valence-electron chi connectivity index (χ3n) is 4.66. The molecule has 6 heteroatoms. The number of carbonyl (C=O) groups excluding carboxylic acids is 1. The number of carbonyl (C=O) groups is 1. The molecule has 0 saturated heterocycles. The van der Waals surface area contributed by atoms with E-state index < -0.39 is 6.10 Å². The molecule has 0 aliphatic heterocycles. The van der Waals surface area contributed by atoms with Crippen LogP contribution in [0.3, 0.4) is 0 Å². The number of aliphatic hydroxyl groups is 1. The zero-order valence-electron chi connectivity index (χ0n) is 17.2. The lowest BCUT2D eigenvalue weighted by Gasteiger charge is -2.04. The van der Waals surface area contributed by atoms with E-state index in [4.69, 9.17) is 5.53 Å². The summed E-state index contributed by atoms with van der Waals surface area (Å²) in [5.74, 6) is -0.0918. The highest BCUT2D eigenvalue weighted by molar-refractivity contribution is 5.68. The molecule has 6 nitrogen and oxygen atoms in total. The highest BCUT2D eigenvalue weighted by Gasteiger charge is 2.00. The van der Waals surface area contributed by atoms with Crippen LogP contribution in [-0.4, -0.2) is 30.8 Å². The standard InChI is InChI=1S/C21H39N3O3/c1-27-21(26)18-16-14-12-10-8-6-4-2-3-5-7-9-11-13-15-17-20(25)19-23-24-22/h9,11,20,25H,2-8,10,12-19H2,1H3/b11-9-/t20-/m0/s1. The Morgan fingerprint density at radius 2 is 1.48 bits per heavy atom. The number of aliphatic hydroxyl groups excluding tert-OH is 1. The Kier molecular flexibility index (Phi) is 19.6. The number of unbranched alkanes of at least 4 members (excludes halogenated alkanes) is 11. The van der Waals surface area contributed by atoms with Gasteiger partial charge in [0.2, 0.25) is 0 Å². The van der Waals surface area contributed by atoms with Crippen LogP contribution in [0, 0.1) is 0 Å². The number of ether oxygens (including phenoxy) is 1. The molecular formula is C21H39N3O3. The lowest BCUT2D eigenvalue weighted by molar-refractivity contribution is -0.140. The molecule has 156 valence electrons. The first kappa shape index (κ1) is 25.5. The van der Waals surface area contributed by atoms with Crippen LogP contribution >= 0.6 is 0 Å². The number of rotatable bonds is 19. The lowest BCUT2D eigenvalue weighted by atomic mass is 10.0. The summed E-state index contributed by atoms with van der Waals surface area (Å²) in [6.07, 6.45) is 20.7. The summed E-state index contributed by atoms with van der Waals surface area (Å²) in [7, 11) is 1.45. The van der Waals surface area contributed by atoms with Crippen molar-refractivity contribution in [2.24, 2.45) is 5.11 Å². The molecule has 1 atom stereocenters. The number of methoxy groups -OCH3 is 1. The SMILES string of the molecule is COC(=O)CCCCCCCCCCCC/C=C\CCC[C@H](O)CN=[N+]=[N-]. The van der Waals surface area contributed by atoms with Crippen molar-refractivity contribution in [1.82, 2.24) is 0 Å². The highest BCUT2D eigenvalue weighted by Crippen LogP contribution is 2.12. The second-order valence-corrected chi connectivity index (χ2v) is 7.12. The van der Waals surface area contributed by atoms with Crippen LogP contribution in [0.4, 0.5) is 0 Å². The van der Waals surface area contributed by atoms with E-state index in [-0.39, 0.29) is 12.5 Å². The van der Waals surface area contributed by atoms with Gasteiger partial charge in [-0.3, -0.25) is 4.79 Å². The van der Waals surface area contributed by atoms with Crippen molar-refractivity contribution in [2.75, 3.05) is 13.7 Å². The maximum atomic E-state index is 11.0. The molecule has 1 N–H and O–H groups in total. The minimum absolute atomic E-state index is 0.0918. The maximum absolute atomic E-state index is 11.0. The summed E-state index contributed by atoms with van der Waals surface area (Å²) in [5.41, 5.74) is 8.17. The van der Waals surface area contributed by atoms with Gasteiger partial charge in [0, 0.05) is 11.3 Å². The van der Waals surface area contributed by atoms with Gasteiger partial charge in [-0.05, 0) is 44.1 Å². The van der Waals surface area contributed by atoms with Gasteiger partial charge in [-0.25, -0.2) is 0 Å². The van der Waals surface area contributed by atoms with E-state index in [2.05, 4.69) is 26.9 Å². The van der Waals surface area contributed by atoms with E-state index in [1.807, 2.05) is 0 Å². The third-order valence-corrected chi connectivity index (χ3v) is 4.66. The lowest BCUT2D eigenvalue weighted by Crippen LogP contribution is -2.09. The van der Waals surface area contributed by atoms with Crippen molar-refractivity contribution in [3.63, 3.8) is 0 Å². The largest absolute Gasteiger partial charge is 0.469 e. The summed E-state index contributed by atoms with van der Waals surface area (Å²) in [6, 6.07) is 0. The monoisotopic (exact) mass is 381 g/mol. The Morgan fingerprint density at radius 3 is 2.04 bits per heavy atom. The van der Waals surface area contributed by atoms with Gasteiger partial charge in [0.15, 0.2) is 0 Å². The van der Waals surface area contributed by atoms with Crippen LogP contribution in [0.2, 0.25) is 0 Å². The summed E-state index contributed by atoms with van der Waals surface area (Å²) < 4.78 is 4.63. The number of hydrogen-bond acceptors (Lipinski definition) is 4. The van der Waals surface area contributed by atoms with Gasteiger partial charge in [0.05, 0.1) is 19.8 Å².